The van der Waals surface area contributed by atoms with Gasteiger partial charge in [-0.15, -0.1) is 5.11 Å². The Morgan fingerprint density at radius 2 is 2.04 bits per heavy atom. The third-order valence-electron chi connectivity index (χ3n) is 3.68. The molecule has 1 aliphatic heterocycles. The van der Waals surface area contributed by atoms with Crippen LogP contribution in [0.4, 0.5) is 5.69 Å². The van der Waals surface area contributed by atoms with Crippen molar-refractivity contribution in [3.05, 3.63) is 41.0 Å². The zero-order chi connectivity index (χ0) is 16.7. The maximum absolute atomic E-state index is 11.9. The standard InChI is InChI=1S/C18H25N3O2/c1-4-23-18(22)16-9-10-17(15(13-16)8-7-14(2)3)19-20-21-11-5-6-12-21/h7,9-10,13H,4-6,8,11-12H2,1-3H3. The van der Waals surface area contributed by atoms with Gasteiger partial charge in [-0.25, -0.2) is 4.79 Å². The van der Waals surface area contributed by atoms with Crippen LogP contribution >= 0.6 is 0 Å². The van der Waals surface area contributed by atoms with Gasteiger partial charge < -0.3 is 4.74 Å². The van der Waals surface area contributed by atoms with Crippen molar-refractivity contribution in [3.8, 4) is 0 Å². The average molecular weight is 315 g/mol. The molecule has 0 aliphatic carbocycles. The molecule has 0 amide bonds. The highest BCUT2D eigenvalue weighted by Crippen LogP contribution is 2.24. The van der Waals surface area contributed by atoms with Gasteiger partial charge in [0.15, 0.2) is 0 Å². The quantitative estimate of drug-likeness (QED) is 0.442. The van der Waals surface area contributed by atoms with Crippen molar-refractivity contribution in [2.45, 2.75) is 40.0 Å². The number of benzene rings is 1. The predicted molar refractivity (Wildman–Crippen MR) is 90.9 cm³/mol. The molecule has 124 valence electrons. The molecule has 0 atom stereocenters. The molecule has 1 fully saturated rings. The van der Waals surface area contributed by atoms with E-state index in [9.17, 15) is 4.79 Å². The fraction of sp³-hybridized carbons (Fsp3) is 0.500. The van der Waals surface area contributed by atoms with Gasteiger partial charge in [-0.05, 0) is 63.8 Å². The van der Waals surface area contributed by atoms with Crippen LogP contribution in [0.15, 0.2) is 40.2 Å². The summed E-state index contributed by atoms with van der Waals surface area (Å²) in [6, 6.07) is 5.46. The Balaban J connectivity index is 2.24. The minimum atomic E-state index is -0.297. The Labute approximate surface area is 138 Å². The summed E-state index contributed by atoms with van der Waals surface area (Å²) in [4.78, 5) is 11.9. The van der Waals surface area contributed by atoms with Gasteiger partial charge in [0.25, 0.3) is 0 Å². The molecule has 0 unspecified atom stereocenters. The Kier molecular flexibility index (Phi) is 6.32. The van der Waals surface area contributed by atoms with Gasteiger partial charge in [-0.1, -0.05) is 16.9 Å². The van der Waals surface area contributed by atoms with Crippen molar-refractivity contribution in [3.63, 3.8) is 0 Å². The fourth-order valence-electron chi connectivity index (χ4n) is 2.40. The molecular formula is C18H25N3O2. The third-order valence-corrected chi connectivity index (χ3v) is 3.68. The lowest BCUT2D eigenvalue weighted by atomic mass is 10.0. The Bertz CT molecular complexity index is 598. The van der Waals surface area contributed by atoms with Gasteiger partial charge in [0.1, 0.15) is 0 Å². The summed E-state index contributed by atoms with van der Waals surface area (Å²) in [5.41, 5.74) is 3.58. The van der Waals surface area contributed by atoms with Gasteiger partial charge in [-0.2, -0.15) is 0 Å². The van der Waals surface area contributed by atoms with E-state index >= 15 is 0 Å². The molecule has 0 spiro atoms. The van der Waals surface area contributed by atoms with Crippen molar-refractivity contribution >= 4 is 11.7 Å². The summed E-state index contributed by atoms with van der Waals surface area (Å²) in [5, 5.41) is 10.7. The van der Waals surface area contributed by atoms with E-state index in [1.165, 1.54) is 18.4 Å². The zero-order valence-electron chi connectivity index (χ0n) is 14.2. The van der Waals surface area contributed by atoms with Crippen molar-refractivity contribution < 1.29 is 9.53 Å². The highest BCUT2D eigenvalue weighted by molar-refractivity contribution is 5.90. The van der Waals surface area contributed by atoms with Crippen molar-refractivity contribution in [1.29, 1.82) is 0 Å². The summed E-state index contributed by atoms with van der Waals surface area (Å²) >= 11 is 0. The van der Waals surface area contributed by atoms with Crippen LogP contribution in [0.25, 0.3) is 0 Å². The van der Waals surface area contributed by atoms with Crippen LogP contribution in [0.3, 0.4) is 0 Å². The summed E-state index contributed by atoms with van der Waals surface area (Å²) in [7, 11) is 0. The van der Waals surface area contributed by atoms with Gasteiger partial charge in [-0.3, -0.25) is 5.01 Å². The molecule has 1 aliphatic rings. The first-order valence-corrected chi connectivity index (χ1v) is 8.20. The lowest BCUT2D eigenvalue weighted by molar-refractivity contribution is 0.0526. The van der Waals surface area contributed by atoms with Gasteiger partial charge in [0, 0.05) is 13.1 Å². The molecule has 1 aromatic carbocycles. The van der Waals surface area contributed by atoms with E-state index in [2.05, 4.69) is 30.3 Å². The van der Waals surface area contributed by atoms with Crippen molar-refractivity contribution in [1.82, 2.24) is 5.01 Å². The van der Waals surface area contributed by atoms with E-state index in [0.717, 1.165) is 30.8 Å². The van der Waals surface area contributed by atoms with Gasteiger partial charge in [0.2, 0.25) is 0 Å². The van der Waals surface area contributed by atoms with Crippen LogP contribution in [-0.2, 0) is 11.2 Å². The van der Waals surface area contributed by atoms with E-state index in [0.29, 0.717) is 12.2 Å². The molecule has 0 saturated carbocycles. The highest BCUT2D eigenvalue weighted by atomic mass is 16.5. The second-order valence-corrected chi connectivity index (χ2v) is 5.90. The number of rotatable bonds is 6. The summed E-state index contributed by atoms with van der Waals surface area (Å²) in [5.74, 6) is -0.297. The second kappa shape index (κ2) is 8.46. The Morgan fingerprint density at radius 1 is 1.30 bits per heavy atom. The lowest BCUT2D eigenvalue weighted by Gasteiger charge is -2.10. The second-order valence-electron chi connectivity index (χ2n) is 5.90. The third kappa shape index (κ3) is 5.20. The Morgan fingerprint density at radius 3 is 2.70 bits per heavy atom. The molecule has 1 heterocycles. The van der Waals surface area contributed by atoms with Crippen LogP contribution in [0, 0.1) is 0 Å². The predicted octanol–water partition coefficient (Wildman–Crippen LogP) is 4.47. The van der Waals surface area contributed by atoms with Crippen LogP contribution in [0.2, 0.25) is 0 Å². The molecule has 2 rings (SSSR count). The Hall–Kier alpha value is -2.17. The van der Waals surface area contributed by atoms with E-state index in [-0.39, 0.29) is 5.97 Å². The molecule has 1 saturated heterocycles. The van der Waals surface area contributed by atoms with E-state index in [4.69, 9.17) is 4.74 Å². The molecule has 1 aromatic rings. The minimum Gasteiger partial charge on any atom is -0.462 e. The zero-order valence-corrected chi connectivity index (χ0v) is 14.2. The number of hydrogen-bond donors (Lipinski definition) is 0. The topological polar surface area (TPSA) is 54.3 Å². The number of carbonyl (C=O) groups is 1. The summed E-state index contributed by atoms with van der Waals surface area (Å²) in [6.07, 6.45) is 5.19. The smallest absolute Gasteiger partial charge is 0.338 e. The van der Waals surface area contributed by atoms with Crippen LogP contribution in [0.1, 0.15) is 49.5 Å². The number of allylic oxidation sites excluding steroid dienone is 2. The molecule has 0 bridgehead atoms. The van der Waals surface area contributed by atoms with Crippen molar-refractivity contribution in [2.24, 2.45) is 10.3 Å². The van der Waals surface area contributed by atoms with Crippen LogP contribution < -0.4 is 0 Å². The molecule has 0 aromatic heterocycles. The molecule has 5 nitrogen and oxygen atoms in total. The molecule has 5 heteroatoms. The number of ether oxygens (including phenoxy) is 1. The molecule has 0 N–H and O–H groups in total. The highest BCUT2D eigenvalue weighted by Gasteiger charge is 2.12. The van der Waals surface area contributed by atoms with Crippen LogP contribution in [0.5, 0.6) is 0 Å². The van der Waals surface area contributed by atoms with Crippen molar-refractivity contribution in [2.75, 3.05) is 19.7 Å². The lowest BCUT2D eigenvalue weighted by Crippen LogP contribution is -2.09. The minimum absolute atomic E-state index is 0.297. The summed E-state index contributed by atoms with van der Waals surface area (Å²) < 4.78 is 5.07. The SMILES string of the molecule is CCOC(=O)c1ccc(N=NN2CCCC2)c(CC=C(C)C)c1. The normalized spacial score (nSPS) is 14.3. The van der Waals surface area contributed by atoms with Gasteiger partial charge in [0.05, 0.1) is 17.9 Å². The van der Waals surface area contributed by atoms with Gasteiger partial charge >= 0.3 is 5.97 Å². The van der Waals surface area contributed by atoms with E-state index in [1.54, 1.807) is 13.0 Å². The first-order valence-electron chi connectivity index (χ1n) is 8.20. The van der Waals surface area contributed by atoms with E-state index in [1.807, 2.05) is 17.1 Å². The number of esters is 1. The molecule has 23 heavy (non-hydrogen) atoms. The van der Waals surface area contributed by atoms with Crippen LogP contribution in [-0.4, -0.2) is 30.7 Å². The maximum atomic E-state index is 11.9. The number of carbonyl (C=O) groups excluding carboxylic acids is 1. The average Bonchev–Trinajstić information content (AvgIpc) is 3.04. The molecular weight excluding hydrogens is 290 g/mol. The number of nitrogens with zero attached hydrogens (tertiary/aromatic N) is 3. The molecule has 0 radical (unpaired) electrons. The number of hydrogen-bond acceptors (Lipinski definition) is 4. The first kappa shape index (κ1) is 17.2. The fourth-order valence-corrected chi connectivity index (χ4v) is 2.40. The monoisotopic (exact) mass is 315 g/mol. The first-order chi connectivity index (χ1) is 11.1. The summed E-state index contributed by atoms with van der Waals surface area (Å²) in [6.45, 7) is 8.22. The largest absolute Gasteiger partial charge is 0.462 e. The van der Waals surface area contributed by atoms with E-state index < -0.39 is 0 Å². The maximum Gasteiger partial charge on any atom is 0.338 e.